The van der Waals surface area contributed by atoms with E-state index in [0.29, 0.717) is 35.7 Å². The van der Waals surface area contributed by atoms with Crippen molar-refractivity contribution < 1.29 is 19.1 Å². The molecular formula is C26H34N6O4. The molecule has 2 aliphatic rings. The Morgan fingerprint density at radius 1 is 1.08 bits per heavy atom. The summed E-state index contributed by atoms with van der Waals surface area (Å²) in [6, 6.07) is 9.04. The van der Waals surface area contributed by atoms with Crippen molar-refractivity contribution in [2.24, 2.45) is 11.7 Å². The van der Waals surface area contributed by atoms with E-state index in [1.165, 1.54) is 13.3 Å². The van der Waals surface area contributed by atoms with Gasteiger partial charge in [-0.25, -0.2) is 4.98 Å². The summed E-state index contributed by atoms with van der Waals surface area (Å²) in [4.78, 5) is 44.8. The maximum Gasteiger partial charge on any atom is 0.253 e. The second-order valence-corrected chi connectivity index (χ2v) is 9.34. The number of carbonyl (C=O) groups excluding carboxylic acids is 3. The van der Waals surface area contributed by atoms with Crippen LogP contribution in [0, 0.1) is 5.92 Å². The summed E-state index contributed by atoms with van der Waals surface area (Å²) in [5, 5.41) is 6.56. The predicted octanol–water partition coefficient (Wildman–Crippen LogP) is 2.46. The predicted molar refractivity (Wildman–Crippen MR) is 137 cm³/mol. The number of piperidine rings is 1. The van der Waals surface area contributed by atoms with Crippen LogP contribution in [0.1, 0.15) is 46.4 Å². The third-order valence-electron chi connectivity index (χ3n) is 6.69. The van der Waals surface area contributed by atoms with Crippen molar-refractivity contribution in [1.29, 1.82) is 0 Å². The van der Waals surface area contributed by atoms with Gasteiger partial charge in [-0.15, -0.1) is 0 Å². The Bertz CT molecular complexity index is 1080. The standard InChI is InChI=1S/C26H34N6O4/c1-36-17-24(33)32-12-4-5-18(16-32)14-28-22-13-23(29-15-21(22)25(27)34)30-20-8-6-19(7-9-20)26(35)31-10-2-3-11-31/h6-9,13,15,18H,2-5,10-12,14,16-17H2,1H3,(H2,27,34)(H2,28,29,30)/t18-/m1/s1. The second-order valence-electron chi connectivity index (χ2n) is 9.34. The molecule has 0 saturated carbocycles. The molecule has 2 aromatic rings. The molecule has 0 unspecified atom stereocenters. The summed E-state index contributed by atoms with van der Waals surface area (Å²) < 4.78 is 4.98. The minimum absolute atomic E-state index is 0.0106. The van der Waals surface area contributed by atoms with Crippen molar-refractivity contribution in [3.8, 4) is 0 Å². The first-order valence-electron chi connectivity index (χ1n) is 12.4. The monoisotopic (exact) mass is 494 g/mol. The quantitative estimate of drug-likeness (QED) is 0.488. The van der Waals surface area contributed by atoms with Gasteiger partial charge in [0.15, 0.2) is 0 Å². The Labute approximate surface area is 211 Å². The lowest BCUT2D eigenvalue weighted by Crippen LogP contribution is -2.43. The smallest absolute Gasteiger partial charge is 0.253 e. The van der Waals surface area contributed by atoms with Gasteiger partial charge in [-0.2, -0.15) is 0 Å². The minimum Gasteiger partial charge on any atom is -0.384 e. The first kappa shape index (κ1) is 25.4. The van der Waals surface area contributed by atoms with Gasteiger partial charge >= 0.3 is 0 Å². The molecule has 2 aliphatic heterocycles. The van der Waals surface area contributed by atoms with Crippen LogP contribution in [-0.4, -0.2) is 78.9 Å². The van der Waals surface area contributed by atoms with Gasteiger partial charge in [0.1, 0.15) is 12.4 Å². The fourth-order valence-electron chi connectivity index (χ4n) is 4.74. The molecule has 1 atom stereocenters. The summed E-state index contributed by atoms with van der Waals surface area (Å²) in [6.45, 7) is 3.67. The van der Waals surface area contributed by atoms with Crippen molar-refractivity contribution >= 4 is 34.9 Å². The molecule has 1 aromatic carbocycles. The van der Waals surface area contributed by atoms with Gasteiger partial charge < -0.3 is 30.9 Å². The van der Waals surface area contributed by atoms with Crippen LogP contribution >= 0.6 is 0 Å². The van der Waals surface area contributed by atoms with Crippen molar-refractivity contribution in [1.82, 2.24) is 14.8 Å². The van der Waals surface area contributed by atoms with E-state index < -0.39 is 5.91 Å². The lowest BCUT2D eigenvalue weighted by Gasteiger charge is -2.33. The highest BCUT2D eigenvalue weighted by atomic mass is 16.5. The van der Waals surface area contributed by atoms with E-state index in [9.17, 15) is 14.4 Å². The summed E-state index contributed by atoms with van der Waals surface area (Å²) in [7, 11) is 1.52. The Morgan fingerprint density at radius 3 is 2.50 bits per heavy atom. The van der Waals surface area contributed by atoms with E-state index in [2.05, 4.69) is 15.6 Å². The number of amides is 3. The molecule has 4 N–H and O–H groups in total. The molecule has 4 rings (SSSR count). The molecule has 2 fully saturated rings. The Kier molecular flexibility index (Phi) is 8.37. The molecule has 0 aliphatic carbocycles. The Hall–Kier alpha value is -3.66. The van der Waals surface area contributed by atoms with Crippen LogP contribution < -0.4 is 16.4 Å². The molecule has 2 saturated heterocycles. The van der Waals surface area contributed by atoms with Gasteiger partial charge in [-0.1, -0.05) is 0 Å². The molecule has 1 aromatic heterocycles. The van der Waals surface area contributed by atoms with Crippen LogP contribution in [0.4, 0.5) is 17.2 Å². The summed E-state index contributed by atoms with van der Waals surface area (Å²) in [5.74, 6) is 0.261. The van der Waals surface area contributed by atoms with E-state index in [4.69, 9.17) is 10.5 Å². The van der Waals surface area contributed by atoms with E-state index in [-0.39, 0.29) is 24.3 Å². The van der Waals surface area contributed by atoms with Crippen LogP contribution in [-0.2, 0) is 9.53 Å². The number of methoxy groups -OCH3 is 1. The zero-order valence-electron chi connectivity index (χ0n) is 20.7. The lowest BCUT2D eigenvalue weighted by molar-refractivity contribution is -0.136. The molecule has 10 nitrogen and oxygen atoms in total. The van der Waals surface area contributed by atoms with Crippen LogP contribution in [0.25, 0.3) is 0 Å². The van der Waals surface area contributed by atoms with Crippen LogP contribution in [0.15, 0.2) is 36.5 Å². The molecule has 3 heterocycles. The number of carbonyl (C=O) groups is 3. The summed E-state index contributed by atoms with van der Waals surface area (Å²) >= 11 is 0. The maximum atomic E-state index is 12.6. The highest BCUT2D eigenvalue weighted by Crippen LogP contribution is 2.24. The second kappa shape index (κ2) is 11.9. The third kappa shape index (κ3) is 6.31. The van der Waals surface area contributed by atoms with E-state index in [0.717, 1.165) is 51.0 Å². The molecule has 0 bridgehead atoms. The minimum atomic E-state index is -0.568. The Balaban J connectivity index is 1.40. The summed E-state index contributed by atoms with van der Waals surface area (Å²) in [5.41, 5.74) is 7.90. The van der Waals surface area contributed by atoms with Crippen molar-refractivity contribution in [3.63, 3.8) is 0 Å². The topological polar surface area (TPSA) is 130 Å². The van der Waals surface area contributed by atoms with Gasteiger partial charge in [0.25, 0.3) is 11.8 Å². The van der Waals surface area contributed by atoms with Gasteiger partial charge in [-0.05, 0) is 55.9 Å². The molecule has 192 valence electrons. The van der Waals surface area contributed by atoms with E-state index >= 15 is 0 Å². The van der Waals surface area contributed by atoms with Crippen LogP contribution in [0.5, 0.6) is 0 Å². The van der Waals surface area contributed by atoms with Crippen molar-refractivity contribution in [2.45, 2.75) is 25.7 Å². The number of hydrogen-bond acceptors (Lipinski definition) is 7. The number of benzene rings is 1. The first-order chi connectivity index (χ1) is 17.4. The first-order valence-corrected chi connectivity index (χ1v) is 12.4. The maximum absolute atomic E-state index is 12.6. The SMILES string of the molecule is COCC(=O)N1CCC[C@H](CNc2cc(Nc3ccc(C(=O)N4CCCC4)cc3)ncc2C(N)=O)C1. The number of anilines is 3. The number of hydrogen-bond donors (Lipinski definition) is 3. The number of primary amides is 1. The zero-order valence-corrected chi connectivity index (χ0v) is 20.7. The van der Waals surface area contributed by atoms with Crippen LogP contribution in [0.2, 0.25) is 0 Å². The number of likely N-dealkylation sites (tertiary alicyclic amines) is 2. The molecule has 0 spiro atoms. The number of nitrogens with zero attached hydrogens (tertiary/aromatic N) is 3. The van der Waals surface area contributed by atoms with E-state index in [1.54, 1.807) is 18.2 Å². The largest absolute Gasteiger partial charge is 0.384 e. The van der Waals surface area contributed by atoms with Gasteiger partial charge in [0.2, 0.25) is 5.91 Å². The fourth-order valence-corrected chi connectivity index (χ4v) is 4.74. The third-order valence-corrected chi connectivity index (χ3v) is 6.69. The number of nitrogens with two attached hydrogens (primary N) is 1. The number of rotatable bonds is 9. The molecule has 36 heavy (non-hydrogen) atoms. The average Bonchev–Trinajstić information content (AvgIpc) is 3.43. The normalized spacial score (nSPS) is 17.6. The van der Waals surface area contributed by atoms with Gasteiger partial charge in [0, 0.05) is 63.3 Å². The fraction of sp³-hybridized carbons (Fsp3) is 0.462. The van der Waals surface area contributed by atoms with Crippen LogP contribution in [0.3, 0.4) is 0 Å². The highest BCUT2D eigenvalue weighted by molar-refractivity contribution is 5.98. The zero-order chi connectivity index (χ0) is 25.5. The number of nitrogens with one attached hydrogen (secondary N) is 2. The number of pyridine rings is 1. The highest BCUT2D eigenvalue weighted by Gasteiger charge is 2.24. The van der Waals surface area contributed by atoms with Crippen molar-refractivity contribution in [2.75, 3.05) is 57.1 Å². The molecule has 10 heteroatoms. The molecule has 0 radical (unpaired) electrons. The molecular weight excluding hydrogens is 460 g/mol. The average molecular weight is 495 g/mol. The molecule has 3 amide bonds. The summed E-state index contributed by atoms with van der Waals surface area (Å²) in [6.07, 6.45) is 5.46. The van der Waals surface area contributed by atoms with E-state index in [1.807, 2.05) is 21.9 Å². The van der Waals surface area contributed by atoms with Gasteiger partial charge in [0.05, 0.1) is 11.3 Å². The Morgan fingerprint density at radius 2 is 1.81 bits per heavy atom. The number of aromatic nitrogens is 1. The van der Waals surface area contributed by atoms with Crippen molar-refractivity contribution in [3.05, 3.63) is 47.7 Å². The number of ether oxygens (including phenoxy) is 1. The van der Waals surface area contributed by atoms with Gasteiger partial charge in [-0.3, -0.25) is 14.4 Å². The lowest BCUT2D eigenvalue weighted by atomic mass is 9.97.